The van der Waals surface area contributed by atoms with Gasteiger partial charge in [0.2, 0.25) is 0 Å². The van der Waals surface area contributed by atoms with Crippen molar-refractivity contribution in [2.45, 2.75) is 0 Å². The maximum Gasteiger partial charge on any atom is 4.00 e. The van der Waals surface area contributed by atoms with Crippen LogP contribution in [0.15, 0.2) is 0 Å². The molecule has 10 heavy (non-hydrogen) atoms. The molecule has 0 saturated carbocycles. The van der Waals surface area contributed by atoms with Crippen LogP contribution >= 0.6 is 0 Å². The van der Waals surface area contributed by atoms with Crippen LogP contribution in [0.2, 0.25) is 0 Å². The van der Waals surface area contributed by atoms with Crippen LogP contribution in [-0.4, -0.2) is 32.1 Å². The second-order valence-electron chi connectivity index (χ2n) is 0.500. The third-order valence-electron chi connectivity index (χ3n) is 0. The van der Waals surface area contributed by atoms with Gasteiger partial charge < -0.3 is 46.8 Å². The maximum atomic E-state index is 4.50. The predicted molar refractivity (Wildman–Crippen MR) is 29.0 cm³/mol. The number of hydrogen-bond acceptors (Lipinski definition) is 4. The molecule has 0 aliphatic rings. The summed E-state index contributed by atoms with van der Waals surface area (Å²) in [6.45, 7) is 0. The Morgan fingerprint density at radius 1 is 0.900 bits per heavy atom. The smallest absolute Gasteiger partial charge is 1.00 e. The molecule has 0 aromatic carbocycles. The summed E-state index contributed by atoms with van der Waals surface area (Å²) < 4.78 is 0. The quantitative estimate of drug-likeness (QED) is 0.439. The largest absolute Gasteiger partial charge is 4.00 e. The minimum Gasteiger partial charge on any atom is -1.00 e. The molecule has 0 aliphatic heterocycles. The van der Waals surface area contributed by atoms with Crippen LogP contribution in [0.4, 0.5) is 0 Å². The van der Waals surface area contributed by atoms with Gasteiger partial charge in [0.05, 0.1) is 0 Å². The number of nitrogens with one attached hydrogen (secondary N) is 1. The van der Waals surface area contributed by atoms with Crippen LogP contribution in [0.1, 0.15) is 0 Å². The van der Waals surface area contributed by atoms with E-state index in [2.05, 4.69) is 11.1 Å². The zero-order chi connectivity index (χ0) is 4.71. The van der Waals surface area contributed by atoms with E-state index in [0.717, 1.165) is 0 Å². The summed E-state index contributed by atoms with van der Waals surface area (Å²) in [5.74, 6) is 0. The van der Waals surface area contributed by atoms with Gasteiger partial charge in [0, 0.05) is 0 Å². The molecule has 0 aromatic rings. The minimum absolute atomic E-state index is 0. The van der Waals surface area contributed by atoms with Crippen LogP contribution in [-0.2, 0) is 21.1 Å². The first kappa shape index (κ1) is 67.2. The van der Waals surface area contributed by atoms with E-state index < -0.39 is 0 Å². The minimum atomic E-state index is 0. The zero-order valence-electron chi connectivity index (χ0n) is 6.04. The van der Waals surface area contributed by atoms with Crippen LogP contribution in [0, 0.1) is 0 Å². The van der Waals surface area contributed by atoms with Gasteiger partial charge in [-0.15, -0.1) is 0 Å². The van der Waals surface area contributed by atoms with Crippen molar-refractivity contribution >= 4 is 0 Å². The number of hydrogen-bond donors (Lipinski definition) is 2. The molecule has 0 fully saturated rings. The fourth-order valence-electron chi connectivity index (χ4n) is 0. The first-order valence-electron chi connectivity index (χ1n) is 1.58. The van der Waals surface area contributed by atoms with Gasteiger partial charge in [-0.3, -0.25) is 0 Å². The Bertz CT molecular complexity index is 22.5. The Morgan fingerprint density at radius 2 is 0.900 bits per heavy atom. The van der Waals surface area contributed by atoms with Gasteiger partial charge in [-0.05, 0) is 21.1 Å². The molecule has 0 atom stereocenters. The Balaban J connectivity index is -0.00000000246. The Labute approximate surface area is 89.0 Å². The molecule has 0 unspecified atom stereocenters. The monoisotopic (exact) mass is 375 g/mol. The molecule has 0 rings (SSSR count). The van der Waals surface area contributed by atoms with Crippen LogP contribution in [0.25, 0.3) is 0 Å². The summed E-state index contributed by atoms with van der Waals surface area (Å²) in [5.41, 5.74) is 4.50. The third-order valence-corrected chi connectivity index (χ3v) is 0. The van der Waals surface area contributed by atoms with E-state index in [1.807, 2.05) is 14.1 Å². The molecule has 0 heterocycles. The second kappa shape index (κ2) is 189. The summed E-state index contributed by atoms with van der Waals surface area (Å²) in [7, 11) is 5.25. The van der Waals surface area contributed by atoms with Gasteiger partial charge in [0.15, 0.2) is 0 Å². The van der Waals surface area contributed by atoms with Crippen molar-refractivity contribution in [1.29, 1.82) is 0 Å². The topological polar surface area (TPSA) is 98.0 Å². The SMILES string of the molecule is CN.CNC.[Cl-].[Cl-].[OH-].[OH-].[Pt+4]. The molecular formula is C3H14Cl2N2O2Pt. The first-order valence-corrected chi connectivity index (χ1v) is 1.58. The Kier molecular flexibility index (Phi) is 1270. The molecule has 0 aromatic heterocycles. The van der Waals surface area contributed by atoms with Crippen LogP contribution in [0.3, 0.4) is 0 Å². The fourth-order valence-corrected chi connectivity index (χ4v) is 0. The van der Waals surface area contributed by atoms with Gasteiger partial charge in [-0.2, -0.15) is 0 Å². The van der Waals surface area contributed by atoms with E-state index >= 15 is 0 Å². The summed E-state index contributed by atoms with van der Waals surface area (Å²) >= 11 is 0. The third kappa shape index (κ3) is 488. The van der Waals surface area contributed by atoms with Crippen molar-refractivity contribution in [2.75, 3.05) is 21.1 Å². The molecule has 72 valence electrons. The summed E-state index contributed by atoms with van der Waals surface area (Å²) in [6.07, 6.45) is 0. The molecular weight excluding hydrogens is 362 g/mol. The normalized spacial score (nSPS) is 2.40. The molecule has 0 spiro atoms. The summed E-state index contributed by atoms with van der Waals surface area (Å²) in [6, 6.07) is 0. The number of rotatable bonds is 0. The van der Waals surface area contributed by atoms with Crippen molar-refractivity contribution in [3.05, 3.63) is 0 Å². The molecule has 0 bridgehead atoms. The second-order valence-corrected chi connectivity index (χ2v) is 0.500. The average molecular weight is 376 g/mol. The van der Waals surface area contributed by atoms with Gasteiger partial charge in [-0.25, -0.2) is 0 Å². The van der Waals surface area contributed by atoms with E-state index in [1.54, 1.807) is 0 Å². The zero-order valence-corrected chi connectivity index (χ0v) is 9.83. The van der Waals surface area contributed by atoms with E-state index in [-0.39, 0.29) is 56.8 Å². The van der Waals surface area contributed by atoms with Gasteiger partial charge in [-0.1, -0.05) is 0 Å². The fraction of sp³-hybridized carbons (Fsp3) is 1.00. The summed E-state index contributed by atoms with van der Waals surface area (Å²) in [4.78, 5) is 0. The van der Waals surface area contributed by atoms with Crippen molar-refractivity contribution in [3.8, 4) is 0 Å². The molecule has 5 N–H and O–H groups in total. The Hall–Kier alpha value is 1.11. The van der Waals surface area contributed by atoms with Crippen molar-refractivity contribution in [2.24, 2.45) is 5.73 Å². The summed E-state index contributed by atoms with van der Waals surface area (Å²) in [5, 5.41) is 2.75. The maximum absolute atomic E-state index is 4.50. The van der Waals surface area contributed by atoms with Crippen molar-refractivity contribution in [1.82, 2.24) is 5.32 Å². The molecule has 0 saturated heterocycles. The van der Waals surface area contributed by atoms with Gasteiger partial charge >= 0.3 is 21.1 Å². The first-order chi connectivity index (χ1) is 2.41. The molecule has 0 aliphatic carbocycles. The van der Waals surface area contributed by atoms with Crippen LogP contribution < -0.4 is 35.9 Å². The van der Waals surface area contributed by atoms with Gasteiger partial charge in [0.1, 0.15) is 0 Å². The van der Waals surface area contributed by atoms with Gasteiger partial charge in [0.25, 0.3) is 0 Å². The standard InChI is InChI=1S/C2H7N.CH5N.2ClH.2H2O.Pt/c1-3-2;1-2;;;;;/h3H,1-2H3;2H2,1H3;2*1H;2*1H2;/q;;;;;;+4/p-4. The van der Waals surface area contributed by atoms with E-state index in [1.165, 1.54) is 7.05 Å². The molecule has 0 amide bonds. The van der Waals surface area contributed by atoms with Crippen LogP contribution in [0.5, 0.6) is 0 Å². The molecule has 0 radical (unpaired) electrons. The van der Waals surface area contributed by atoms with E-state index in [9.17, 15) is 0 Å². The number of nitrogens with two attached hydrogens (primary N) is 1. The van der Waals surface area contributed by atoms with Crippen molar-refractivity contribution < 1.29 is 56.8 Å². The molecule has 7 heteroatoms. The van der Waals surface area contributed by atoms with E-state index in [0.29, 0.717) is 0 Å². The number of halogens is 2. The van der Waals surface area contributed by atoms with E-state index in [4.69, 9.17) is 0 Å². The average Bonchev–Trinajstić information content (AvgIpc) is 1.46. The molecule has 4 nitrogen and oxygen atoms in total. The van der Waals surface area contributed by atoms with Crippen molar-refractivity contribution in [3.63, 3.8) is 0 Å². The Morgan fingerprint density at radius 3 is 0.900 bits per heavy atom. The predicted octanol–water partition coefficient (Wildman–Crippen LogP) is -6.94.